The summed E-state index contributed by atoms with van der Waals surface area (Å²) in [6, 6.07) is 0. The third-order valence-electron chi connectivity index (χ3n) is 2.31. The highest BCUT2D eigenvalue weighted by Gasteiger charge is 2.29. The van der Waals surface area contributed by atoms with E-state index in [-0.39, 0.29) is 22.6 Å². The zero-order valence-electron chi connectivity index (χ0n) is 10.6. The topological polar surface area (TPSA) is 85.8 Å². The van der Waals surface area contributed by atoms with Crippen molar-refractivity contribution in [1.29, 1.82) is 0 Å². The molecule has 0 aliphatic carbocycles. The van der Waals surface area contributed by atoms with Crippen molar-refractivity contribution in [3.8, 4) is 0 Å². The third-order valence-corrected chi connectivity index (χ3v) is 3.08. The van der Waals surface area contributed by atoms with Crippen LogP contribution in [0.2, 0.25) is 0 Å². The van der Waals surface area contributed by atoms with Crippen LogP contribution in [0.4, 0.5) is 18.9 Å². The molecule has 0 atom stereocenters. The summed E-state index contributed by atoms with van der Waals surface area (Å²) in [7, 11) is 0. The van der Waals surface area contributed by atoms with Crippen LogP contribution in [0.1, 0.15) is 11.7 Å². The highest BCUT2D eigenvalue weighted by atomic mass is 79.9. The molecule has 1 N–H and O–H groups in total. The van der Waals surface area contributed by atoms with Crippen molar-refractivity contribution in [2.45, 2.75) is 26.2 Å². The molecule has 0 aliphatic heterocycles. The number of hydrogen-bond donors (Lipinski definition) is 1. The molecule has 0 aromatic carbocycles. The van der Waals surface area contributed by atoms with Gasteiger partial charge in [0, 0.05) is 0 Å². The molecular weight excluding hydrogens is 359 g/mol. The standard InChI is InChI=1S/C10H9BrF3N5O2/c1-5-17-7(21-18-5)3-15-6-2-16-19(4-10(12,13)14)9(20)8(6)11/h2,15H,3-4H2,1H3. The third kappa shape index (κ3) is 4.03. The Hall–Kier alpha value is -1.91. The number of aromatic nitrogens is 4. The van der Waals surface area contributed by atoms with Crippen LogP contribution in [0.3, 0.4) is 0 Å². The zero-order valence-corrected chi connectivity index (χ0v) is 12.2. The monoisotopic (exact) mass is 367 g/mol. The predicted molar refractivity (Wildman–Crippen MR) is 68.6 cm³/mol. The lowest BCUT2D eigenvalue weighted by Crippen LogP contribution is -2.31. The number of rotatable bonds is 4. The molecule has 0 spiro atoms. The van der Waals surface area contributed by atoms with Gasteiger partial charge in [-0.15, -0.1) is 0 Å². The Morgan fingerprint density at radius 3 is 2.76 bits per heavy atom. The maximum absolute atomic E-state index is 12.3. The van der Waals surface area contributed by atoms with E-state index < -0.39 is 18.3 Å². The van der Waals surface area contributed by atoms with Crippen LogP contribution < -0.4 is 10.9 Å². The van der Waals surface area contributed by atoms with Crippen molar-refractivity contribution in [3.05, 3.63) is 32.7 Å². The van der Waals surface area contributed by atoms with Gasteiger partial charge in [0.1, 0.15) is 11.0 Å². The van der Waals surface area contributed by atoms with E-state index in [1.807, 2.05) is 0 Å². The largest absolute Gasteiger partial charge is 0.408 e. The van der Waals surface area contributed by atoms with E-state index in [0.29, 0.717) is 10.5 Å². The maximum atomic E-state index is 12.3. The molecule has 7 nitrogen and oxygen atoms in total. The Labute approximate surface area is 124 Å². The molecule has 0 amide bonds. The lowest BCUT2D eigenvalue weighted by atomic mass is 10.4. The highest BCUT2D eigenvalue weighted by molar-refractivity contribution is 9.10. The quantitative estimate of drug-likeness (QED) is 0.887. The lowest BCUT2D eigenvalue weighted by molar-refractivity contribution is -0.143. The van der Waals surface area contributed by atoms with Gasteiger partial charge in [-0.3, -0.25) is 4.79 Å². The van der Waals surface area contributed by atoms with Crippen LogP contribution in [-0.2, 0) is 13.1 Å². The number of halogens is 4. The molecule has 11 heteroatoms. The molecule has 2 aromatic heterocycles. The average molecular weight is 368 g/mol. The van der Waals surface area contributed by atoms with Crippen molar-refractivity contribution in [2.75, 3.05) is 5.32 Å². The van der Waals surface area contributed by atoms with E-state index in [2.05, 4.69) is 36.5 Å². The van der Waals surface area contributed by atoms with Crippen LogP contribution in [0.15, 0.2) is 20.0 Å². The van der Waals surface area contributed by atoms with Gasteiger partial charge in [0.05, 0.1) is 18.4 Å². The smallest absolute Gasteiger partial charge is 0.374 e. The van der Waals surface area contributed by atoms with Gasteiger partial charge in [-0.2, -0.15) is 23.3 Å². The Morgan fingerprint density at radius 1 is 1.48 bits per heavy atom. The highest BCUT2D eigenvalue weighted by Crippen LogP contribution is 2.19. The fraction of sp³-hybridized carbons (Fsp3) is 0.400. The summed E-state index contributed by atoms with van der Waals surface area (Å²) in [5, 5.41) is 9.82. The van der Waals surface area contributed by atoms with Crippen molar-refractivity contribution in [3.63, 3.8) is 0 Å². The molecule has 0 bridgehead atoms. The number of nitrogens with zero attached hydrogens (tertiary/aromatic N) is 4. The van der Waals surface area contributed by atoms with Gasteiger partial charge in [0.15, 0.2) is 5.82 Å². The summed E-state index contributed by atoms with van der Waals surface area (Å²) < 4.78 is 41.9. The first kappa shape index (κ1) is 15.5. The van der Waals surface area contributed by atoms with Crippen LogP contribution in [-0.4, -0.2) is 26.1 Å². The average Bonchev–Trinajstić information content (AvgIpc) is 2.79. The zero-order chi connectivity index (χ0) is 15.6. The molecule has 0 radical (unpaired) electrons. The molecule has 2 rings (SSSR count). The number of anilines is 1. The van der Waals surface area contributed by atoms with Gasteiger partial charge in [-0.1, -0.05) is 5.16 Å². The molecule has 114 valence electrons. The van der Waals surface area contributed by atoms with E-state index in [4.69, 9.17) is 4.52 Å². The lowest BCUT2D eigenvalue weighted by Gasteiger charge is -2.10. The van der Waals surface area contributed by atoms with Gasteiger partial charge in [0.2, 0.25) is 5.89 Å². The summed E-state index contributed by atoms with van der Waals surface area (Å²) in [5.74, 6) is 0.725. The maximum Gasteiger partial charge on any atom is 0.408 e. The first-order chi connectivity index (χ1) is 9.76. The van der Waals surface area contributed by atoms with E-state index in [1.54, 1.807) is 6.92 Å². The molecule has 2 aromatic rings. The van der Waals surface area contributed by atoms with Gasteiger partial charge in [0.25, 0.3) is 5.56 Å². The first-order valence-corrected chi connectivity index (χ1v) is 6.41. The summed E-state index contributed by atoms with van der Waals surface area (Å²) >= 11 is 2.95. The van der Waals surface area contributed by atoms with E-state index in [0.717, 1.165) is 6.20 Å². The molecule has 0 aliphatic rings. The normalized spacial score (nSPS) is 11.7. The second-order valence-electron chi connectivity index (χ2n) is 4.04. The van der Waals surface area contributed by atoms with Crippen molar-refractivity contribution in [2.24, 2.45) is 0 Å². The van der Waals surface area contributed by atoms with Crippen molar-refractivity contribution >= 4 is 21.6 Å². The second kappa shape index (κ2) is 5.84. The molecule has 0 saturated carbocycles. The predicted octanol–water partition coefficient (Wildman–Crippen LogP) is 1.87. The number of alkyl halides is 3. The fourth-order valence-electron chi connectivity index (χ4n) is 1.45. The van der Waals surface area contributed by atoms with Crippen molar-refractivity contribution < 1.29 is 17.7 Å². The number of nitrogens with one attached hydrogen (secondary N) is 1. The minimum Gasteiger partial charge on any atom is -0.374 e. The van der Waals surface area contributed by atoms with Crippen molar-refractivity contribution in [1.82, 2.24) is 19.9 Å². The SMILES string of the molecule is Cc1noc(CNc2cnn(CC(F)(F)F)c(=O)c2Br)n1. The Morgan fingerprint density at radius 2 is 2.19 bits per heavy atom. The molecule has 0 saturated heterocycles. The van der Waals surface area contributed by atoms with Crippen LogP contribution in [0.5, 0.6) is 0 Å². The van der Waals surface area contributed by atoms with Gasteiger partial charge in [-0.05, 0) is 22.9 Å². The Bertz CT molecular complexity index is 697. The summed E-state index contributed by atoms with van der Waals surface area (Å²) in [6.45, 7) is 0.306. The minimum atomic E-state index is -4.52. The Kier molecular flexibility index (Phi) is 4.30. The van der Waals surface area contributed by atoms with Crippen LogP contribution >= 0.6 is 15.9 Å². The van der Waals surface area contributed by atoms with Gasteiger partial charge in [-0.25, -0.2) is 4.68 Å². The van der Waals surface area contributed by atoms with E-state index >= 15 is 0 Å². The summed E-state index contributed by atoms with van der Waals surface area (Å²) in [4.78, 5) is 15.7. The van der Waals surface area contributed by atoms with E-state index in [9.17, 15) is 18.0 Å². The molecule has 0 fully saturated rings. The summed E-state index contributed by atoms with van der Waals surface area (Å²) in [5.41, 5.74) is -0.659. The number of hydrogen-bond acceptors (Lipinski definition) is 6. The first-order valence-electron chi connectivity index (χ1n) is 5.61. The Balaban J connectivity index is 2.15. The minimum absolute atomic E-state index is 0.0574. The second-order valence-corrected chi connectivity index (χ2v) is 4.83. The number of aryl methyl sites for hydroxylation is 1. The van der Waals surface area contributed by atoms with Gasteiger partial charge >= 0.3 is 6.18 Å². The van der Waals surface area contributed by atoms with Gasteiger partial charge < -0.3 is 9.84 Å². The van der Waals surface area contributed by atoms with Crippen LogP contribution in [0.25, 0.3) is 0 Å². The molecule has 0 unspecified atom stereocenters. The molecule has 21 heavy (non-hydrogen) atoms. The van der Waals surface area contributed by atoms with Crippen LogP contribution in [0, 0.1) is 6.92 Å². The molecule has 2 heterocycles. The molecular formula is C10H9BrF3N5O2. The van der Waals surface area contributed by atoms with E-state index in [1.165, 1.54) is 0 Å². The summed E-state index contributed by atoms with van der Waals surface area (Å²) in [6.07, 6.45) is -3.41. The fourth-order valence-corrected chi connectivity index (χ4v) is 1.90.